The van der Waals surface area contributed by atoms with E-state index in [0.717, 1.165) is 190 Å². The van der Waals surface area contributed by atoms with E-state index in [1.165, 1.54) is 38.2 Å². The Hall–Kier alpha value is -14.3. The largest absolute Gasteiger partial charge is 0.459 e. The first kappa shape index (κ1) is 72.9. The van der Waals surface area contributed by atoms with Crippen molar-refractivity contribution in [2.24, 2.45) is 0 Å². The fraction of sp³-hybridized carbons (Fsp3) is 0.105. The molecule has 0 saturated heterocycles. The van der Waals surface area contributed by atoms with Crippen LogP contribution in [0.4, 0.5) is 34.1 Å². The normalized spacial score (nSPS) is 13.2. The second-order valence-electron chi connectivity index (χ2n) is 36.6. The Labute approximate surface area is 714 Å². The maximum absolute atomic E-state index is 8.36. The van der Waals surface area contributed by atoms with Gasteiger partial charge in [-0.3, -0.25) is 0 Å². The molecule has 8 heteroatoms. The molecule has 582 valence electrons. The van der Waals surface area contributed by atoms with E-state index in [4.69, 9.17) is 9.47 Å². The Morgan fingerprint density at radius 2 is 0.648 bits per heavy atom. The molecule has 0 atom stereocenters. The van der Waals surface area contributed by atoms with E-state index in [1.54, 1.807) is 0 Å². The topological polar surface area (TPSA) is 34.8 Å². The van der Waals surface area contributed by atoms with E-state index in [1.807, 2.05) is 0 Å². The quantitative estimate of drug-likeness (QED) is 0.128. The highest BCUT2D eigenvalue weighted by molar-refractivity contribution is 7.03. The number of para-hydroxylation sites is 4. The lowest BCUT2D eigenvalue weighted by Gasteiger charge is -2.48. The van der Waals surface area contributed by atoms with Gasteiger partial charge in [0.05, 0.1) is 39.1 Å². The second kappa shape index (κ2) is 27.6. The van der Waals surface area contributed by atoms with Crippen molar-refractivity contribution in [1.82, 2.24) is 9.13 Å². The Bertz CT molecular complexity index is 7260. The monoisotopic (exact) mass is 1570 g/mol. The molecule has 0 saturated carbocycles. The minimum atomic E-state index is -0.480. The predicted molar refractivity (Wildman–Crippen MR) is 516 cm³/mol. The number of fused-ring (bicyclic) bond motifs is 15. The Morgan fingerprint density at radius 1 is 0.230 bits per heavy atom. The molecule has 6 nitrogen and oxygen atoms in total. The summed E-state index contributed by atoms with van der Waals surface area (Å²) in [5.41, 5.74) is 35.7. The minimum Gasteiger partial charge on any atom is -0.459 e. The number of rotatable bonds is 10. The number of hydrogen-bond acceptors (Lipinski definition) is 4. The predicted octanol–water partition coefficient (Wildman–Crippen LogP) is 26.6. The summed E-state index contributed by atoms with van der Waals surface area (Å²) in [6.07, 6.45) is 0. The van der Waals surface area contributed by atoms with E-state index in [2.05, 4.69) is 451 Å². The molecule has 0 bridgehead atoms. The molecule has 0 aliphatic carbocycles. The molecule has 0 spiro atoms. The third-order valence-electron chi connectivity index (χ3n) is 26.3. The molecule has 0 radical (unpaired) electrons. The summed E-state index contributed by atoms with van der Waals surface area (Å²) in [7, 11) is 0. The van der Waals surface area contributed by atoms with Gasteiger partial charge in [-0.05, 0) is 178 Å². The van der Waals surface area contributed by atoms with Crippen LogP contribution in [0, 0.1) is 0 Å². The van der Waals surface area contributed by atoms with Crippen LogP contribution in [0.15, 0.2) is 370 Å². The SMILES string of the molecule is CC(C)(C)c1cc2c3c(c1)N(c1c(-c4ccccc4)cccc1-c1ccccc1)c1cc4c5c(c1B3c1ccc(-n3c6ccc(C(C)(C)C)cc6c6cc(C(C)(C)C)ccc63)cc1N2c1c(-c2ccccc2)cccc1-c1ccccc1)Oc1ccc(-c2ccccc2)cc1B5c1cc(-c2ccccc2)cc(-n2c3ccccc3c3ccccc32)c1O4. The molecule has 4 aliphatic heterocycles. The van der Waals surface area contributed by atoms with Gasteiger partial charge in [-0.25, -0.2) is 0 Å². The van der Waals surface area contributed by atoms with Crippen molar-refractivity contribution in [2.45, 2.75) is 78.6 Å². The number of aromatic nitrogens is 2. The summed E-state index contributed by atoms with van der Waals surface area (Å²) >= 11 is 0. The maximum Gasteiger partial charge on any atom is 0.260 e. The maximum atomic E-state index is 8.36. The average Bonchev–Trinajstić information content (AvgIpc) is 0.753. The molecule has 2 aromatic heterocycles. The second-order valence-corrected chi connectivity index (χ2v) is 36.6. The third kappa shape index (κ3) is 11.5. The Kier molecular flexibility index (Phi) is 16.5. The van der Waals surface area contributed by atoms with Gasteiger partial charge in [0.25, 0.3) is 13.4 Å². The summed E-state index contributed by atoms with van der Waals surface area (Å²) in [6, 6.07) is 139. The van der Waals surface area contributed by atoms with E-state index in [0.29, 0.717) is 0 Å². The standard InChI is InChI=1S/C114H88B2N4O2/c1-112(2,3)79-55-59-96-89(65-79)90-66-80(113(4,5)6)56-60-97(90)117(96)82-57-58-91-98(69-82)119(108-83(73-38-20-12-21-39-73)48-32-49-84(108)74-40-22-13-23-41-74)99-67-81(114(7,8)9)68-100-105(99)116(91)106-101(120(100)109-85(75-42-24-14-25-43-75)50-33-51-86(109)76-44-26-15-27-45-76)70-104-107-111(106)121-103-61-54-77(71-34-16-10-17-35-71)62-92(103)115(107)93-63-78(72-36-18-11-19-37-72)64-102(110(93)122-104)118-94-52-30-28-46-87(94)88-47-29-31-53-95(88)118/h10-70H,1-9H3. The summed E-state index contributed by atoms with van der Waals surface area (Å²) in [6.45, 7) is 20.2. The zero-order valence-corrected chi connectivity index (χ0v) is 70.0. The minimum absolute atomic E-state index is 0.0948. The van der Waals surface area contributed by atoms with E-state index in [-0.39, 0.29) is 10.8 Å². The summed E-state index contributed by atoms with van der Waals surface area (Å²) in [5.74, 6) is 3.10. The van der Waals surface area contributed by atoms with Crippen molar-refractivity contribution in [3.63, 3.8) is 0 Å². The van der Waals surface area contributed by atoms with Gasteiger partial charge in [-0.15, -0.1) is 0 Å². The molecule has 23 rings (SSSR count). The van der Waals surface area contributed by atoms with Crippen LogP contribution in [0.25, 0.3) is 122 Å². The molecule has 4 aliphatic rings. The van der Waals surface area contributed by atoms with Crippen LogP contribution in [0.5, 0.6) is 23.0 Å². The van der Waals surface area contributed by atoms with Crippen LogP contribution in [-0.2, 0) is 16.2 Å². The number of anilines is 6. The highest BCUT2D eigenvalue weighted by Gasteiger charge is 2.52. The summed E-state index contributed by atoms with van der Waals surface area (Å²) < 4.78 is 21.7. The van der Waals surface area contributed by atoms with Crippen molar-refractivity contribution in [3.8, 4) is 101 Å². The first-order valence-electron chi connectivity index (χ1n) is 42.9. The first-order valence-corrected chi connectivity index (χ1v) is 42.9. The van der Waals surface area contributed by atoms with Gasteiger partial charge < -0.3 is 28.4 Å². The van der Waals surface area contributed by atoms with Crippen LogP contribution in [0.2, 0.25) is 0 Å². The third-order valence-corrected chi connectivity index (χ3v) is 26.3. The van der Waals surface area contributed by atoms with Crippen LogP contribution in [0.3, 0.4) is 0 Å². The van der Waals surface area contributed by atoms with Gasteiger partial charge in [0.15, 0.2) is 0 Å². The lowest BCUT2D eigenvalue weighted by Crippen LogP contribution is -2.65. The number of hydrogen-bond donors (Lipinski definition) is 0. The van der Waals surface area contributed by atoms with Crippen molar-refractivity contribution < 1.29 is 9.47 Å². The van der Waals surface area contributed by atoms with Crippen LogP contribution < -0.4 is 52.1 Å². The fourth-order valence-electron chi connectivity index (χ4n) is 20.3. The fourth-order valence-corrected chi connectivity index (χ4v) is 20.3. The van der Waals surface area contributed by atoms with Crippen molar-refractivity contribution in [2.75, 3.05) is 9.80 Å². The molecule has 0 unspecified atom stereocenters. The molecule has 0 fully saturated rings. The van der Waals surface area contributed by atoms with Gasteiger partial charge in [0.1, 0.15) is 23.0 Å². The summed E-state index contributed by atoms with van der Waals surface area (Å²) in [4.78, 5) is 5.37. The number of nitrogens with zero attached hydrogens (tertiary/aromatic N) is 4. The van der Waals surface area contributed by atoms with Gasteiger partial charge in [0.2, 0.25) is 0 Å². The Balaban J connectivity index is 0.898. The van der Waals surface area contributed by atoms with Gasteiger partial charge in [0, 0.05) is 83.8 Å². The molecule has 6 heterocycles. The summed E-state index contributed by atoms with van der Waals surface area (Å²) in [5, 5.41) is 4.81. The van der Waals surface area contributed by atoms with Crippen molar-refractivity contribution in [1.29, 1.82) is 0 Å². The smallest absolute Gasteiger partial charge is 0.260 e. The molecular formula is C114H88B2N4O2. The first-order chi connectivity index (χ1) is 59.4. The lowest BCUT2D eigenvalue weighted by atomic mass is 9.30. The van der Waals surface area contributed by atoms with E-state index < -0.39 is 18.8 Å². The molecule has 0 amide bonds. The highest BCUT2D eigenvalue weighted by Crippen LogP contribution is 2.57. The molecular weight excluding hydrogens is 1480 g/mol. The number of ether oxygens (including phenoxy) is 2. The van der Waals surface area contributed by atoms with Crippen LogP contribution in [0.1, 0.15) is 79.0 Å². The van der Waals surface area contributed by atoms with E-state index >= 15 is 0 Å². The zero-order valence-electron chi connectivity index (χ0n) is 70.0. The number of benzene rings is 17. The van der Waals surface area contributed by atoms with Crippen LogP contribution in [-0.4, -0.2) is 22.6 Å². The molecule has 122 heavy (non-hydrogen) atoms. The van der Waals surface area contributed by atoms with Crippen molar-refractivity contribution >= 4 is 124 Å². The molecule has 19 aromatic rings. The van der Waals surface area contributed by atoms with Gasteiger partial charge in [-0.2, -0.15) is 0 Å². The molecule has 0 N–H and O–H groups in total. The van der Waals surface area contributed by atoms with Gasteiger partial charge >= 0.3 is 0 Å². The van der Waals surface area contributed by atoms with E-state index in [9.17, 15) is 0 Å². The van der Waals surface area contributed by atoms with Crippen molar-refractivity contribution in [3.05, 3.63) is 387 Å². The average molecular weight is 1570 g/mol. The zero-order chi connectivity index (χ0) is 82.2. The van der Waals surface area contributed by atoms with Gasteiger partial charge in [-0.1, -0.05) is 353 Å². The van der Waals surface area contributed by atoms with Crippen LogP contribution >= 0.6 is 0 Å². The Morgan fingerprint density at radius 3 is 1.13 bits per heavy atom. The molecule has 17 aromatic carbocycles. The highest BCUT2D eigenvalue weighted by atomic mass is 16.5. The lowest BCUT2D eigenvalue weighted by molar-refractivity contribution is 0.466.